The second kappa shape index (κ2) is 10.3. The van der Waals surface area contributed by atoms with Gasteiger partial charge in [0.25, 0.3) is 0 Å². The van der Waals surface area contributed by atoms with E-state index in [2.05, 4.69) is 33.4 Å². The second-order valence-corrected chi connectivity index (χ2v) is 7.66. The van der Waals surface area contributed by atoms with Crippen molar-refractivity contribution in [3.8, 4) is 17.2 Å². The number of nitrogens with zero attached hydrogens (tertiary/aromatic N) is 1. The van der Waals surface area contributed by atoms with Gasteiger partial charge in [-0.05, 0) is 72.6 Å². The Morgan fingerprint density at radius 3 is 2.74 bits per heavy atom. The Balaban J connectivity index is 1.72. The van der Waals surface area contributed by atoms with E-state index in [1.807, 2.05) is 26.0 Å². The van der Waals surface area contributed by atoms with Crippen LogP contribution in [0.5, 0.6) is 17.2 Å². The fourth-order valence-electron chi connectivity index (χ4n) is 2.81. The minimum absolute atomic E-state index is 0.0630. The maximum atomic E-state index is 12.4. The Labute approximate surface area is 189 Å². The molecule has 1 aromatic heterocycles. The quantitative estimate of drug-likeness (QED) is 0.315. The minimum Gasteiger partial charge on any atom is -0.494 e. The molecule has 1 N–H and O–H groups in total. The van der Waals surface area contributed by atoms with Gasteiger partial charge in [0.15, 0.2) is 17.3 Å². The first-order valence-corrected chi connectivity index (χ1v) is 10.8. The average molecular weight is 489 g/mol. The van der Waals surface area contributed by atoms with Crippen molar-refractivity contribution in [3.63, 3.8) is 0 Å². The number of furan rings is 1. The number of hydrazone groups is 1. The summed E-state index contributed by atoms with van der Waals surface area (Å²) in [6.45, 7) is 6.52. The highest BCUT2D eigenvalue weighted by Crippen LogP contribution is 2.34. The Bertz CT molecular complexity index is 1090. The zero-order valence-electron chi connectivity index (χ0n) is 17.9. The number of rotatable bonds is 9. The first kappa shape index (κ1) is 22.7. The number of amides is 1. The van der Waals surface area contributed by atoms with Crippen molar-refractivity contribution in [2.45, 2.75) is 33.3 Å². The van der Waals surface area contributed by atoms with Gasteiger partial charge in [0, 0.05) is 15.4 Å². The summed E-state index contributed by atoms with van der Waals surface area (Å²) in [7, 11) is 1.58. The Morgan fingerprint density at radius 1 is 1.23 bits per heavy atom. The lowest BCUT2D eigenvalue weighted by Gasteiger charge is -2.16. The smallest absolute Gasteiger partial charge is 0.307 e. The molecule has 3 rings (SSSR count). The monoisotopic (exact) mass is 488 g/mol. The number of halogens is 1. The molecule has 0 unspecified atom stereocenters. The van der Waals surface area contributed by atoms with Gasteiger partial charge in [-0.3, -0.25) is 4.79 Å². The van der Waals surface area contributed by atoms with Gasteiger partial charge in [0.05, 0.1) is 26.0 Å². The normalized spacial score (nSPS) is 12.2. The number of benzene rings is 2. The molecular weight excluding hydrogens is 464 g/mol. The standard InChI is InChI=1S/C23H25BrN2O5/c1-5-14(3)30-21-12-18(24)16(11-20(21)28-4)13-25-26-23(27)22-10-15-9-17(29-6-2)7-8-19(15)31-22/h7-14H,5-6H2,1-4H3,(H,26,27)/b25-13+/t14-/m1/s1. The van der Waals surface area contributed by atoms with Crippen LogP contribution in [0.3, 0.4) is 0 Å². The van der Waals surface area contributed by atoms with E-state index in [0.717, 1.165) is 27.6 Å². The topological polar surface area (TPSA) is 82.3 Å². The van der Waals surface area contributed by atoms with Crippen LogP contribution in [0.2, 0.25) is 0 Å². The van der Waals surface area contributed by atoms with Crippen molar-refractivity contribution in [1.82, 2.24) is 5.43 Å². The number of carbonyl (C=O) groups is 1. The Kier molecular flexibility index (Phi) is 7.57. The molecule has 1 amide bonds. The van der Waals surface area contributed by atoms with Gasteiger partial charge in [-0.2, -0.15) is 5.10 Å². The third-order valence-electron chi connectivity index (χ3n) is 4.58. The highest BCUT2D eigenvalue weighted by atomic mass is 79.9. The van der Waals surface area contributed by atoms with E-state index in [1.54, 1.807) is 31.4 Å². The first-order chi connectivity index (χ1) is 14.9. The van der Waals surface area contributed by atoms with Crippen LogP contribution in [0.1, 0.15) is 43.3 Å². The number of hydrogen-bond acceptors (Lipinski definition) is 6. The summed E-state index contributed by atoms with van der Waals surface area (Å²) in [6.07, 6.45) is 2.46. The lowest BCUT2D eigenvalue weighted by atomic mass is 10.2. The van der Waals surface area contributed by atoms with Crippen molar-refractivity contribution in [1.29, 1.82) is 0 Å². The summed E-state index contributed by atoms with van der Waals surface area (Å²) in [5.74, 6) is 1.65. The van der Waals surface area contributed by atoms with Gasteiger partial charge < -0.3 is 18.6 Å². The first-order valence-electron chi connectivity index (χ1n) is 9.99. The molecule has 1 atom stereocenters. The maximum Gasteiger partial charge on any atom is 0.307 e. The molecule has 0 aliphatic carbocycles. The molecule has 0 radical (unpaired) electrons. The molecule has 0 saturated heterocycles. The molecule has 1 heterocycles. The third-order valence-corrected chi connectivity index (χ3v) is 5.27. The number of hydrogen-bond donors (Lipinski definition) is 1. The second-order valence-electron chi connectivity index (χ2n) is 6.80. The number of nitrogens with one attached hydrogen (secondary N) is 1. The lowest BCUT2D eigenvalue weighted by molar-refractivity contribution is 0.0929. The van der Waals surface area contributed by atoms with Crippen LogP contribution in [0.4, 0.5) is 0 Å². The highest BCUT2D eigenvalue weighted by Gasteiger charge is 2.14. The molecule has 2 aromatic carbocycles. The van der Waals surface area contributed by atoms with E-state index in [-0.39, 0.29) is 11.9 Å². The lowest BCUT2D eigenvalue weighted by Crippen LogP contribution is -2.16. The molecule has 31 heavy (non-hydrogen) atoms. The van der Waals surface area contributed by atoms with Crippen LogP contribution in [-0.2, 0) is 0 Å². The van der Waals surface area contributed by atoms with Crippen LogP contribution in [-0.4, -0.2) is 31.9 Å². The van der Waals surface area contributed by atoms with E-state index >= 15 is 0 Å². The van der Waals surface area contributed by atoms with Crippen molar-refractivity contribution in [3.05, 3.63) is 52.2 Å². The summed E-state index contributed by atoms with van der Waals surface area (Å²) in [4.78, 5) is 12.4. The summed E-state index contributed by atoms with van der Waals surface area (Å²) < 4.78 is 23.1. The minimum atomic E-state index is -0.453. The predicted octanol–water partition coefficient (Wildman–Crippen LogP) is 5.54. The number of fused-ring (bicyclic) bond motifs is 1. The van der Waals surface area contributed by atoms with Crippen LogP contribution in [0.15, 0.2) is 50.4 Å². The van der Waals surface area contributed by atoms with Crippen molar-refractivity contribution in [2.75, 3.05) is 13.7 Å². The molecule has 0 saturated carbocycles. The summed E-state index contributed by atoms with van der Waals surface area (Å²) in [5, 5.41) is 4.82. The fraction of sp³-hybridized carbons (Fsp3) is 0.304. The molecule has 0 fully saturated rings. The molecule has 0 aliphatic heterocycles. The molecule has 0 spiro atoms. The van der Waals surface area contributed by atoms with Crippen molar-refractivity contribution < 1.29 is 23.4 Å². The van der Waals surface area contributed by atoms with Gasteiger partial charge in [-0.15, -0.1) is 0 Å². The number of carbonyl (C=O) groups excluding carboxylic acids is 1. The molecule has 164 valence electrons. The SMILES string of the molecule is CCOc1ccc2oc(C(=O)N/N=C/c3cc(OC)c(O[C@H](C)CC)cc3Br)cc2c1. The van der Waals surface area contributed by atoms with Gasteiger partial charge in [-0.25, -0.2) is 5.43 Å². The number of methoxy groups -OCH3 is 1. The van der Waals surface area contributed by atoms with E-state index in [9.17, 15) is 4.79 Å². The summed E-state index contributed by atoms with van der Waals surface area (Å²) >= 11 is 3.51. The van der Waals surface area contributed by atoms with Crippen LogP contribution < -0.4 is 19.6 Å². The van der Waals surface area contributed by atoms with Crippen LogP contribution >= 0.6 is 15.9 Å². The third kappa shape index (κ3) is 5.58. The molecule has 8 heteroatoms. The van der Waals surface area contributed by atoms with Crippen molar-refractivity contribution >= 4 is 39.0 Å². The van der Waals surface area contributed by atoms with E-state index in [0.29, 0.717) is 23.7 Å². The maximum absolute atomic E-state index is 12.4. The zero-order chi connectivity index (χ0) is 22.4. The zero-order valence-corrected chi connectivity index (χ0v) is 19.5. The Morgan fingerprint density at radius 2 is 2.03 bits per heavy atom. The average Bonchev–Trinajstić information content (AvgIpc) is 3.19. The molecule has 3 aromatic rings. The van der Waals surface area contributed by atoms with E-state index in [1.165, 1.54) is 6.21 Å². The molecular formula is C23H25BrN2O5. The highest BCUT2D eigenvalue weighted by molar-refractivity contribution is 9.10. The van der Waals surface area contributed by atoms with Gasteiger partial charge in [0.2, 0.25) is 0 Å². The number of ether oxygens (including phenoxy) is 3. The van der Waals surface area contributed by atoms with Gasteiger partial charge in [0.1, 0.15) is 11.3 Å². The Hall–Kier alpha value is -3.00. The molecule has 0 bridgehead atoms. The van der Waals surface area contributed by atoms with Crippen LogP contribution in [0.25, 0.3) is 11.0 Å². The molecule has 7 nitrogen and oxygen atoms in total. The van der Waals surface area contributed by atoms with Gasteiger partial charge >= 0.3 is 5.91 Å². The van der Waals surface area contributed by atoms with E-state index < -0.39 is 5.91 Å². The van der Waals surface area contributed by atoms with Crippen molar-refractivity contribution in [2.24, 2.45) is 5.10 Å². The summed E-state index contributed by atoms with van der Waals surface area (Å²) in [6, 6.07) is 10.7. The summed E-state index contributed by atoms with van der Waals surface area (Å²) in [5.41, 5.74) is 3.80. The fourth-order valence-corrected chi connectivity index (χ4v) is 3.23. The van der Waals surface area contributed by atoms with Crippen LogP contribution in [0, 0.1) is 0 Å². The predicted molar refractivity (Wildman–Crippen MR) is 124 cm³/mol. The van der Waals surface area contributed by atoms with Gasteiger partial charge in [-0.1, -0.05) is 6.92 Å². The van der Waals surface area contributed by atoms with E-state index in [4.69, 9.17) is 18.6 Å². The molecule has 0 aliphatic rings. The largest absolute Gasteiger partial charge is 0.494 e.